The first kappa shape index (κ1) is 15.8. The van der Waals surface area contributed by atoms with Crippen LogP contribution < -0.4 is 15.4 Å². The second-order valence-electron chi connectivity index (χ2n) is 4.92. The zero-order valence-corrected chi connectivity index (χ0v) is 12.8. The fourth-order valence-corrected chi connectivity index (χ4v) is 2.02. The van der Waals surface area contributed by atoms with Crippen molar-refractivity contribution in [2.45, 2.75) is 13.0 Å². The van der Waals surface area contributed by atoms with E-state index in [0.717, 1.165) is 5.69 Å². The summed E-state index contributed by atoms with van der Waals surface area (Å²) in [6.07, 6.45) is -0.787. The van der Waals surface area contributed by atoms with Crippen molar-refractivity contribution in [3.05, 3.63) is 41.6 Å². The minimum atomic E-state index is -0.787. The molecule has 3 N–H and O–H groups in total. The number of carbonyl (C=O) groups is 1. The molecule has 2 rings (SSSR count). The number of aliphatic hydroxyl groups excluding tert-OH is 1. The van der Waals surface area contributed by atoms with Crippen molar-refractivity contribution in [2.24, 2.45) is 7.05 Å². The summed E-state index contributed by atoms with van der Waals surface area (Å²) in [4.78, 5) is 11.8. The van der Waals surface area contributed by atoms with Crippen LogP contribution in [0.2, 0.25) is 0 Å². The molecule has 1 aromatic heterocycles. The summed E-state index contributed by atoms with van der Waals surface area (Å²) < 4.78 is 6.64. The molecule has 7 nitrogen and oxygen atoms in total. The molecule has 0 unspecified atom stereocenters. The van der Waals surface area contributed by atoms with Gasteiger partial charge in [-0.3, -0.25) is 10.00 Å². The Morgan fingerprint density at radius 1 is 1.41 bits per heavy atom. The quantitative estimate of drug-likeness (QED) is 0.782. The van der Waals surface area contributed by atoms with Crippen LogP contribution in [0, 0.1) is 6.92 Å². The average Bonchev–Trinajstić information content (AvgIpc) is 2.82. The molecule has 1 heterocycles. The van der Waals surface area contributed by atoms with Crippen molar-refractivity contribution in [2.75, 3.05) is 19.0 Å². The molecule has 0 radical (unpaired) electrons. The Morgan fingerprint density at radius 2 is 2.09 bits per heavy atom. The first-order chi connectivity index (χ1) is 10.5. The lowest BCUT2D eigenvalue weighted by Gasteiger charge is -2.13. The molecule has 2 aromatic rings. The van der Waals surface area contributed by atoms with Gasteiger partial charge >= 0.3 is 6.03 Å². The van der Waals surface area contributed by atoms with Gasteiger partial charge in [0.05, 0.1) is 18.9 Å². The van der Waals surface area contributed by atoms with Crippen LogP contribution in [0.4, 0.5) is 10.6 Å². The molecule has 22 heavy (non-hydrogen) atoms. The molecule has 0 fully saturated rings. The van der Waals surface area contributed by atoms with Crippen molar-refractivity contribution in [1.82, 2.24) is 15.1 Å². The summed E-state index contributed by atoms with van der Waals surface area (Å²) in [5, 5.41) is 19.5. The van der Waals surface area contributed by atoms with Gasteiger partial charge in [-0.2, -0.15) is 5.10 Å². The molecular formula is C15H20N4O3. The maximum Gasteiger partial charge on any atom is 0.320 e. The molecule has 0 bridgehead atoms. The van der Waals surface area contributed by atoms with Gasteiger partial charge < -0.3 is 15.2 Å². The highest BCUT2D eigenvalue weighted by Gasteiger charge is 2.11. The number of carbonyl (C=O) groups excluding carboxylic acids is 1. The number of aromatic nitrogens is 2. The molecular weight excluding hydrogens is 284 g/mol. The third kappa shape index (κ3) is 3.98. The number of nitrogens with zero attached hydrogens (tertiary/aromatic N) is 2. The lowest BCUT2D eigenvalue weighted by molar-refractivity contribution is 0.175. The molecule has 7 heteroatoms. The monoisotopic (exact) mass is 304 g/mol. The normalized spacial score (nSPS) is 11.8. The Labute approximate surface area is 128 Å². The van der Waals surface area contributed by atoms with E-state index in [2.05, 4.69) is 15.7 Å². The Morgan fingerprint density at radius 3 is 2.64 bits per heavy atom. The van der Waals surface area contributed by atoms with Gasteiger partial charge in [0, 0.05) is 19.7 Å². The average molecular weight is 304 g/mol. The second-order valence-corrected chi connectivity index (χ2v) is 4.92. The lowest BCUT2D eigenvalue weighted by atomic mass is 10.1. The van der Waals surface area contributed by atoms with E-state index < -0.39 is 12.1 Å². The number of hydrogen-bond acceptors (Lipinski definition) is 4. The van der Waals surface area contributed by atoms with Gasteiger partial charge in [0.2, 0.25) is 0 Å². The fraction of sp³-hybridized carbons (Fsp3) is 0.333. The summed E-state index contributed by atoms with van der Waals surface area (Å²) in [5.41, 5.74) is 1.52. The van der Waals surface area contributed by atoms with Crippen molar-refractivity contribution in [1.29, 1.82) is 0 Å². The molecule has 0 aliphatic rings. The fourth-order valence-electron chi connectivity index (χ4n) is 2.02. The third-order valence-corrected chi connectivity index (χ3v) is 3.20. The van der Waals surface area contributed by atoms with E-state index in [1.54, 1.807) is 49.2 Å². The number of urea groups is 1. The van der Waals surface area contributed by atoms with Gasteiger partial charge in [0.15, 0.2) is 0 Å². The minimum absolute atomic E-state index is 0.106. The minimum Gasteiger partial charge on any atom is -0.497 e. The number of hydrogen-bond donors (Lipinski definition) is 3. The molecule has 0 saturated carbocycles. The standard InChI is InChI=1S/C15H20N4O3/c1-10-8-14(19(2)18-10)17-15(21)16-9-13(20)11-4-6-12(22-3)7-5-11/h4-8,13,20H,9H2,1-3H3,(H2,16,17,21)/t13-/m1/s1. The van der Waals surface area contributed by atoms with Crippen molar-refractivity contribution in [3.8, 4) is 5.75 Å². The number of ether oxygens (including phenoxy) is 1. The summed E-state index contributed by atoms with van der Waals surface area (Å²) in [6, 6.07) is 8.41. The Hall–Kier alpha value is -2.54. The Balaban J connectivity index is 1.86. The Bertz CT molecular complexity index is 637. The second kappa shape index (κ2) is 6.95. The van der Waals surface area contributed by atoms with Crippen molar-refractivity contribution >= 4 is 11.8 Å². The molecule has 0 saturated heterocycles. The van der Waals surface area contributed by atoms with Gasteiger partial charge in [-0.15, -0.1) is 0 Å². The first-order valence-electron chi connectivity index (χ1n) is 6.87. The molecule has 118 valence electrons. The van der Waals surface area contributed by atoms with Crippen LogP contribution in [-0.4, -0.2) is 34.6 Å². The molecule has 0 aliphatic heterocycles. The van der Waals surface area contributed by atoms with E-state index in [0.29, 0.717) is 17.1 Å². The van der Waals surface area contributed by atoms with Gasteiger partial charge in [-0.1, -0.05) is 12.1 Å². The van der Waals surface area contributed by atoms with Crippen LogP contribution in [0.15, 0.2) is 30.3 Å². The highest BCUT2D eigenvalue weighted by molar-refractivity contribution is 5.88. The van der Waals surface area contributed by atoms with Crippen LogP contribution in [0.1, 0.15) is 17.4 Å². The summed E-state index contributed by atoms with van der Waals surface area (Å²) in [5.74, 6) is 1.31. The van der Waals surface area contributed by atoms with Crippen LogP contribution in [0.25, 0.3) is 0 Å². The number of nitrogens with one attached hydrogen (secondary N) is 2. The summed E-state index contributed by atoms with van der Waals surface area (Å²) in [6.45, 7) is 1.95. The maximum atomic E-state index is 11.8. The van der Waals surface area contributed by atoms with Crippen LogP contribution in [0.5, 0.6) is 5.75 Å². The topological polar surface area (TPSA) is 88.4 Å². The third-order valence-electron chi connectivity index (χ3n) is 3.20. The van der Waals surface area contributed by atoms with E-state index >= 15 is 0 Å². The van der Waals surface area contributed by atoms with E-state index in [4.69, 9.17) is 4.74 Å². The van der Waals surface area contributed by atoms with Gasteiger partial charge in [0.1, 0.15) is 11.6 Å². The first-order valence-corrected chi connectivity index (χ1v) is 6.87. The van der Waals surface area contributed by atoms with Crippen molar-refractivity contribution in [3.63, 3.8) is 0 Å². The summed E-state index contributed by atoms with van der Waals surface area (Å²) >= 11 is 0. The predicted molar refractivity (Wildman–Crippen MR) is 82.9 cm³/mol. The summed E-state index contributed by atoms with van der Waals surface area (Å²) in [7, 11) is 3.33. The molecule has 1 aromatic carbocycles. The van der Waals surface area contributed by atoms with Gasteiger partial charge in [0.25, 0.3) is 0 Å². The van der Waals surface area contributed by atoms with E-state index in [1.165, 1.54) is 0 Å². The number of aliphatic hydroxyl groups is 1. The SMILES string of the molecule is COc1ccc([C@H](O)CNC(=O)Nc2cc(C)nn2C)cc1. The Kier molecular flexibility index (Phi) is 5.00. The van der Waals surface area contributed by atoms with Gasteiger partial charge in [-0.25, -0.2) is 4.79 Å². The highest BCUT2D eigenvalue weighted by Crippen LogP contribution is 2.17. The van der Waals surface area contributed by atoms with Crippen molar-refractivity contribution < 1.29 is 14.6 Å². The largest absolute Gasteiger partial charge is 0.497 e. The molecule has 0 spiro atoms. The molecule has 0 aliphatic carbocycles. The van der Waals surface area contributed by atoms with Crippen LogP contribution >= 0.6 is 0 Å². The number of benzene rings is 1. The number of rotatable bonds is 5. The number of amides is 2. The van der Waals surface area contributed by atoms with E-state index in [9.17, 15) is 9.90 Å². The van der Waals surface area contributed by atoms with Gasteiger partial charge in [-0.05, 0) is 24.6 Å². The smallest absolute Gasteiger partial charge is 0.320 e. The zero-order chi connectivity index (χ0) is 16.1. The number of anilines is 1. The number of methoxy groups -OCH3 is 1. The lowest BCUT2D eigenvalue weighted by Crippen LogP contribution is -2.33. The molecule has 1 atom stereocenters. The van der Waals surface area contributed by atoms with E-state index in [1.807, 2.05) is 6.92 Å². The predicted octanol–water partition coefficient (Wildman–Crippen LogP) is 1.59. The van der Waals surface area contributed by atoms with Crippen LogP contribution in [0.3, 0.4) is 0 Å². The zero-order valence-electron chi connectivity index (χ0n) is 12.8. The maximum absolute atomic E-state index is 11.8. The number of aryl methyl sites for hydroxylation is 2. The highest BCUT2D eigenvalue weighted by atomic mass is 16.5. The molecule has 2 amide bonds. The van der Waals surface area contributed by atoms with E-state index in [-0.39, 0.29) is 6.54 Å². The van der Waals surface area contributed by atoms with Crippen LogP contribution in [-0.2, 0) is 7.05 Å².